The minimum atomic E-state index is -1.23. The minimum Gasteiger partial charge on any atom is -0.478 e. The predicted octanol–water partition coefficient (Wildman–Crippen LogP) is 2.47. The van der Waals surface area contributed by atoms with Crippen molar-refractivity contribution in [1.29, 1.82) is 0 Å². The van der Waals surface area contributed by atoms with Gasteiger partial charge in [0.05, 0.1) is 11.3 Å². The van der Waals surface area contributed by atoms with Crippen molar-refractivity contribution in [3.05, 3.63) is 40.0 Å². The largest absolute Gasteiger partial charge is 0.478 e. The van der Waals surface area contributed by atoms with Crippen molar-refractivity contribution in [3.63, 3.8) is 0 Å². The molecule has 0 aliphatic rings. The topological polar surface area (TPSA) is 86.1 Å². The van der Waals surface area contributed by atoms with E-state index in [0.717, 1.165) is 18.2 Å². The standard InChI is InChI=1S/C7H4FN3O2/c8-5-3-4(7(12)13)1-2-6(5)10-11-9/h1-3H,(H,12,13). The first-order chi connectivity index (χ1) is 6.15. The third-order valence-electron chi connectivity index (χ3n) is 1.35. The van der Waals surface area contributed by atoms with Crippen molar-refractivity contribution in [2.75, 3.05) is 0 Å². The summed E-state index contributed by atoms with van der Waals surface area (Å²) in [5.41, 5.74) is 7.60. The average Bonchev–Trinajstić information content (AvgIpc) is 2.08. The Morgan fingerprint density at radius 3 is 2.77 bits per heavy atom. The normalized spacial score (nSPS) is 9.00. The smallest absolute Gasteiger partial charge is 0.335 e. The highest BCUT2D eigenvalue weighted by Crippen LogP contribution is 2.18. The number of benzene rings is 1. The molecule has 1 rings (SSSR count). The lowest BCUT2D eigenvalue weighted by atomic mass is 10.2. The van der Waals surface area contributed by atoms with Crippen LogP contribution in [0.4, 0.5) is 10.1 Å². The molecular weight excluding hydrogens is 177 g/mol. The molecule has 0 heterocycles. The molecule has 1 aromatic carbocycles. The fourth-order valence-corrected chi connectivity index (χ4v) is 0.769. The summed E-state index contributed by atoms with van der Waals surface area (Å²) in [6, 6.07) is 3.07. The van der Waals surface area contributed by atoms with E-state index in [1.54, 1.807) is 0 Å². The Morgan fingerprint density at radius 1 is 1.62 bits per heavy atom. The van der Waals surface area contributed by atoms with Crippen LogP contribution in [0.1, 0.15) is 10.4 Å². The van der Waals surface area contributed by atoms with Crippen LogP contribution in [0.25, 0.3) is 10.4 Å². The predicted molar refractivity (Wildman–Crippen MR) is 42.2 cm³/mol. The highest BCUT2D eigenvalue weighted by Gasteiger charge is 2.06. The molecule has 13 heavy (non-hydrogen) atoms. The maximum atomic E-state index is 12.9. The fraction of sp³-hybridized carbons (Fsp3) is 0. The van der Waals surface area contributed by atoms with E-state index in [1.165, 1.54) is 0 Å². The van der Waals surface area contributed by atoms with Gasteiger partial charge in [0.1, 0.15) is 5.82 Å². The molecule has 0 saturated heterocycles. The zero-order chi connectivity index (χ0) is 9.84. The molecule has 0 spiro atoms. The van der Waals surface area contributed by atoms with Crippen LogP contribution in [0.5, 0.6) is 0 Å². The van der Waals surface area contributed by atoms with Gasteiger partial charge in [0.25, 0.3) is 0 Å². The summed E-state index contributed by atoms with van der Waals surface area (Å²) >= 11 is 0. The molecule has 66 valence electrons. The number of nitrogens with zero attached hydrogens (tertiary/aromatic N) is 3. The Hall–Kier alpha value is -2.07. The summed E-state index contributed by atoms with van der Waals surface area (Å²) in [6.45, 7) is 0. The van der Waals surface area contributed by atoms with E-state index in [-0.39, 0.29) is 11.3 Å². The molecule has 0 bridgehead atoms. The van der Waals surface area contributed by atoms with Gasteiger partial charge in [-0.05, 0) is 23.7 Å². The van der Waals surface area contributed by atoms with Gasteiger partial charge >= 0.3 is 5.97 Å². The second-order valence-electron chi connectivity index (χ2n) is 2.16. The molecule has 1 N–H and O–H groups in total. The van der Waals surface area contributed by atoms with E-state index in [4.69, 9.17) is 10.6 Å². The summed E-state index contributed by atoms with van der Waals surface area (Å²) in [6.07, 6.45) is 0. The monoisotopic (exact) mass is 181 g/mol. The third-order valence-corrected chi connectivity index (χ3v) is 1.35. The Labute approximate surface area is 72.1 Å². The molecule has 1 aromatic rings. The van der Waals surface area contributed by atoms with Crippen molar-refractivity contribution < 1.29 is 14.3 Å². The van der Waals surface area contributed by atoms with Crippen LogP contribution < -0.4 is 0 Å². The SMILES string of the molecule is [N-]=[N+]=Nc1ccc(C(=O)O)cc1F. The van der Waals surface area contributed by atoms with Crippen molar-refractivity contribution in [2.45, 2.75) is 0 Å². The number of carbonyl (C=O) groups is 1. The van der Waals surface area contributed by atoms with Gasteiger partial charge in [-0.25, -0.2) is 9.18 Å². The van der Waals surface area contributed by atoms with Gasteiger partial charge in [0.2, 0.25) is 0 Å². The van der Waals surface area contributed by atoms with Crippen LogP contribution in [0.2, 0.25) is 0 Å². The number of carboxylic acid groups (broad SMARTS) is 1. The maximum Gasteiger partial charge on any atom is 0.335 e. The third kappa shape index (κ3) is 1.94. The summed E-state index contributed by atoms with van der Waals surface area (Å²) < 4.78 is 12.9. The lowest BCUT2D eigenvalue weighted by Gasteiger charge is -1.96. The van der Waals surface area contributed by atoms with Gasteiger partial charge in [-0.2, -0.15) is 0 Å². The molecule has 0 unspecified atom stereocenters. The van der Waals surface area contributed by atoms with Crippen LogP contribution in [0.3, 0.4) is 0 Å². The van der Waals surface area contributed by atoms with Crippen molar-refractivity contribution >= 4 is 11.7 Å². The number of rotatable bonds is 2. The zero-order valence-electron chi connectivity index (χ0n) is 6.31. The van der Waals surface area contributed by atoms with Gasteiger partial charge in [-0.1, -0.05) is 5.11 Å². The second kappa shape index (κ2) is 3.55. The van der Waals surface area contributed by atoms with Gasteiger partial charge < -0.3 is 5.11 Å². The molecule has 5 nitrogen and oxygen atoms in total. The van der Waals surface area contributed by atoms with Crippen LogP contribution in [0.15, 0.2) is 23.3 Å². The molecule has 0 aliphatic carbocycles. The first-order valence-corrected chi connectivity index (χ1v) is 3.23. The van der Waals surface area contributed by atoms with Crippen molar-refractivity contribution in [3.8, 4) is 0 Å². The lowest BCUT2D eigenvalue weighted by Crippen LogP contribution is -1.95. The molecule has 0 fully saturated rings. The quantitative estimate of drug-likeness (QED) is 0.431. The molecule has 0 aliphatic heterocycles. The zero-order valence-corrected chi connectivity index (χ0v) is 6.31. The summed E-state index contributed by atoms with van der Waals surface area (Å²) in [7, 11) is 0. The van der Waals surface area contributed by atoms with Crippen molar-refractivity contribution in [2.24, 2.45) is 5.11 Å². The average molecular weight is 181 g/mol. The van der Waals surface area contributed by atoms with E-state index in [1.807, 2.05) is 0 Å². The van der Waals surface area contributed by atoms with E-state index in [0.29, 0.717) is 0 Å². The van der Waals surface area contributed by atoms with Crippen LogP contribution in [0, 0.1) is 5.82 Å². The Bertz CT molecular complexity index is 399. The minimum absolute atomic E-state index is 0.186. The van der Waals surface area contributed by atoms with Crippen LogP contribution >= 0.6 is 0 Å². The van der Waals surface area contributed by atoms with Crippen LogP contribution in [-0.2, 0) is 0 Å². The molecule has 0 saturated carbocycles. The number of carboxylic acids is 1. The number of hydrogen-bond acceptors (Lipinski definition) is 2. The molecule has 6 heteroatoms. The first kappa shape index (κ1) is 9.02. The number of hydrogen-bond donors (Lipinski definition) is 1. The number of aromatic carboxylic acids is 1. The summed E-state index contributed by atoms with van der Waals surface area (Å²) in [4.78, 5) is 12.7. The number of halogens is 1. The first-order valence-electron chi connectivity index (χ1n) is 3.23. The van der Waals surface area contributed by atoms with E-state index in [9.17, 15) is 9.18 Å². The fourth-order valence-electron chi connectivity index (χ4n) is 0.769. The summed E-state index contributed by atoms with van der Waals surface area (Å²) in [5, 5.41) is 11.5. The molecular formula is C7H4FN3O2. The highest BCUT2D eigenvalue weighted by molar-refractivity contribution is 5.87. The van der Waals surface area contributed by atoms with E-state index in [2.05, 4.69) is 10.0 Å². The van der Waals surface area contributed by atoms with Gasteiger partial charge in [0, 0.05) is 4.91 Å². The van der Waals surface area contributed by atoms with Gasteiger partial charge in [-0.3, -0.25) is 0 Å². The lowest BCUT2D eigenvalue weighted by molar-refractivity contribution is 0.0696. The van der Waals surface area contributed by atoms with E-state index < -0.39 is 11.8 Å². The maximum absolute atomic E-state index is 12.9. The number of azide groups is 1. The van der Waals surface area contributed by atoms with E-state index >= 15 is 0 Å². The van der Waals surface area contributed by atoms with Crippen LogP contribution in [-0.4, -0.2) is 11.1 Å². The van der Waals surface area contributed by atoms with Crippen molar-refractivity contribution in [1.82, 2.24) is 0 Å². The highest BCUT2D eigenvalue weighted by atomic mass is 19.1. The molecule has 0 amide bonds. The Balaban J connectivity index is 3.19. The molecule has 0 aromatic heterocycles. The summed E-state index contributed by atoms with van der Waals surface area (Å²) in [5.74, 6) is -2.08. The van der Waals surface area contributed by atoms with Gasteiger partial charge in [-0.15, -0.1) is 0 Å². The Morgan fingerprint density at radius 2 is 2.31 bits per heavy atom. The molecule has 0 atom stereocenters. The second-order valence-corrected chi connectivity index (χ2v) is 2.16. The Kier molecular flexibility index (Phi) is 2.47. The molecule has 0 radical (unpaired) electrons. The van der Waals surface area contributed by atoms with Gasteiger partial charge in [0.15, 0.2) is 0 Å².